The lowest BCUT2D eigenvalue weighted by Crippen LogP contribution is -2.32. The Morgan fingerprint density at radius 1 is 1.38 bits per heavy atom. The normalized spacial score (nSPS) is 16.8. The minimum atomic E-state index is 0.144. The molecule has 1 amide bonds. The average molecular weight is 289 g/mol. The molecule has 1 heterocycles. The number of nitrogen functional groups attached to an aromatic ring is 1. The highest BCUT2D eigenvalue weighted by Gasteiger charge is 2.16. The number of benzene rings is 1. The van der Waals surface area contributed by atoms with Crippen LogP contribution in [0.15, 0.2) is 24.3 Å². The first kappa shape index (κ1) is 15.8. The summed E-state index contributed by atoms with van der Waals surface area (Å²) in [7, 11) is 2.17. The number of nitrogens with one attached hydrogen (secondary N) is 1. The van der Waals surface area contributed by atoms with Crippen LogP contribution < -0.4 is 11.1 Å². The van der Waals surface area contributed by atoms with Crippen molar-refractivity contribution in [1.82, 2.24) is 10.2 Å². The predicted octanol–water partition coefficient (Wildman–Crippen LogP) is 2.05. The van der Waals surface area contributed by atoms with Gasteiger partial charge in [-0.2, -0.15) is 0 Å². The molecule has 1 aromatic carbocycles. The maximum absolute atomic E-state index is 11.8. The number of carbonyl (C=O) groups excluding carboxylic acids is 1. The molecule has 0 unspecified atom stereocenters. The summed E-state index contributed by atoms with van der Waals surface area (Å²) in [5.41, 5.74) is 7.62. The molecule has 1 aliphatic rings. The molecule has 2 rings (SSSR count). The molecular formula is C17H27N3O. The van der Waals surface area contributed by atoms with E-state index in [-0.39, 0.29) is 5.91 Å². The van der Waals surface area contributed by atoms with Crippen LogP contribution in [0.25, 0.3) is 0 Å². The topological polar surface area (TPSA) is 58.4 Å². The molecule has 1 fully saturated rings. The molecule has 0 aliphatic carbocycles. The van der Waals surface area contributed by atoms with Crippen molar-refractivity contribution in [2.24, 2.45) is 5.92 Å². The van der Waals surface area contributed by atoms with Gasteiger partial charge in [-0.3, -0.25) is 4.79 Å². The molecule has 0 aromatic heterocycles. The Labute approximate surface area is 127 Å². The van der Waals surface area contributed by atoms with Gasteiger partial charge in [-0.05, 0) is 69.4 Å². The summed E-state index contributed by atoms with van der Waals surface area (Å²) in [5, 5.41) is 3.04. The number of nitrogens with zero attached hydrogens (tertiary/aromatic N) is 1. The van der Waals surface area contributed by atoms with Crippen molar-refractivity contribution >= 4 is 11.6 Å². The fourth-order valence-electron chi connectivity index (χ4n) is 2.86. The summed E-state index contributed by atoms with van der Waals surface area (Å²) in [6.45, 7) is 3.19. The Morgan fingerprint density at radius 2 is 2.14 bits per heavy atom. The second-order valence-corrected chi connectivity index (χ2v) is 6.13. The van der Waals surface area contributed by atoms with Crippen molar-refractivity contribution < 1.29 is 4.79 Å². The molecule has 1 saturated heterocycles. The van der Waals surface area contributed by atoms with Gasteiger partial charge in [0, 0.05) is 18.7 Å². The smallest absolute Gasteiger partial charge is 0.220 e. The Hall–Kier alpha value is -1.55. The zero-order chi connectivity index (χ0) is 15.1. The van der Waals surface area contributed by atoms with Crippen LogP contribution in [-0.2, 0) is 11.2 Å². The molecule has 4 nitrogen and oxygen atoms in total. The number of piperidine rings is 1. The van der Waals surface area contributed by atoms with Crippen molar-refractivity contribution in [3.05, 3.63) is 29.8 Å². The van der Waals surface area contributed by atoms with E-state index >= 15 is 0 Å². The van der Waals surface area contributed by atoms with Crippen LogP contribution >= 0.6 is 0 Å². The highest BCUT2D eigenvalue weighted by molar-refractivity contribution is 5.76. The molecule has 3 N–H and O–H groups in total. The number of hydrogen-bond acceptors (Lipinski definition) is 3. The molecule has 1 aromatic rings. The number of hydrogen-bond donors (Lipinski definition) is 2. The van der Waals surface area contributed by atoms with Crippen molar-refractivity contribution in [1.29, 1.82) is 0 Å². The van der Waals surface area contributed by atoms with Crippen LogP contribution in [0.1, 0.15) is 31.2 Å². The highest BCUT2D eigenvalue weighted by atomic mass is 16.1. The SMILES string of the molecule is CN1CCC(CCNC(=O)CCc2cccc(N)c2)CC1. The van der Waals surface area contributed by atoms with Crippen LogP contribution in [0, 0.1) is 5.92 Å². The van der Waals surface area contributed by atoms with Crippen molar-refractivity contribution in [2.45, 2.75) is 32.1 Å². The summed E-state index contributed by atoms with van der Waals surface area (Å²) in [4.78, 5) is 14.2. The molecule has 21 heavy (non-hydrogen) atoms. The summed E-state index contributed by atoms with van der Waals surface area (Å²) in [6, 6.07) is 7.75. The van der Waals surface area contributed by atoms with Crippen molar-refractivity contribution in [3.63, 3.8) is 0 Å². The first-order valence-electron chi connectivity index (χ1n) is 7.93. The Morgan fingerprint density at radius 3 is 2.86 bits per heavy atom. The van der Waals surface area contributed by atoms with Crippen LogP contribution in [0.5, 0.6) is 0 Å². The number of rotatable bonds is 6. The second-order valence-electron chi connectivity index (χ2n) is 6.13. The molecule has 0 atom stereocenters. The van der Waals surface area contributed by atoms with Crippen molar-refractivity contribution in [3.8, 4) is 0 Å². The fourth-order valence-corrected chi connectivity index (χ4v) is 2.86. The van der Waals surface area contributed by atoms with Gasteiger partial charge in [0.2, 0.25) is 5.91 Å². The lowest BCUT2D eigenvalue weighted by atomic mass is 9.94. The number of carbonyl (C=O) groups is 1. The predicted molar refractivity (Wildman–Crippen MR) is 87.0 cm³/mol. The fraction of sp³-hybridized carbons (Fsp3) is 0.588. The zero-order valence-corrected chi connectivity index (χ0v) is 13.0. The molecule has 0 bridgehead atoms. The van der Waals surface area contributed by atoms with E-state index in [1.807, 2.05) is 24.3 Å². The summed E-state index contributed by atoms with van der Waals surface area (Å²) < 4.78 is 0. The third-order valence-corrected chi connectivity index (χ3v) is 4.30. The maximum atomic E-state index is 11.8. The lowest BCUT2D eigenvalue weighted by molar-refractivity contribution is -0.121. The number of amides is 1. The first-order chi connectivity index (χ1) is 10.1. The maximum Gasteiger partial charge on any atom is 0.220 e. The van der Waals surface area contributed by atoms with Gasteiger partial charge in [0.05, 0.1) is 0 Å². The van der Waals surface area contributed by atoms with E-state index in [0.29, 0.717) is 6.42 Å². The Bertz CT molecular complexity index is 453. The van der Waals surface area contributed by atoms with Gasteiger partial charge >= 0.3 is 0 Å². The van der Waals surface area contributed by atoms with Gasteiger partial charge in [-0.25, -0.2) is 0 Å². The quantitative estimate of drug-likeness (QED) is 0.788. The summed E-state index contributed by atoms with van der Waals surface area (Å²) in [6.07, 6.45) is 4.92. The Balaban J connectivity index is 1.59. The van der Waals surface area contributed by atoms with Crippen LogP contribution in [-0.4, -0.2) is 37.5 Å². The standard InChI is InChI=1S/C17H27N3O/c1-20-11-8-14(9-12-20)7-10-19-17(21)6-5-15-3-2-4-16(18)13-15/h2-4,13-14H,5-12,18H2,1H3,(H,19,21). The molecule has 1 aliphatic heterocycles. The molecule has 4 heteroatoms. The summed E-state index contributed by atoms with van der Waals surface area (Å²) in [5.74, 6) is 0.917. The van der Waals surface area contributed by atoms with E-state index in [4.69, 9.17) is 5.73 Å². The minimum absolute atomic E-state index is 0.144. The zero-order valence-electron chi connectivity index (χ0n) is 13.0. The van der Waals surface area contributed by atoms with Gasteiger partial charge in [0.15, 0.2) is 0 Å². The number of anilines is 1. The van der Waals surface area contributed by atoms with E-state index in [9.17, 15) is 4.79 Å². The number of nitrogens with two attached hydrogens (primary N) is 1. The molecule has 116 valence electrons. The minimum Gasteiger partial charge on any atom is -0.399 e. The summed E-state index contributed by atoms with van der Waals surface area (Å²) >= 11 is 0. The van der Waals surface area contributed by atoms with Crippen LogP contribution in [0.3, 0.4) is 0 Å². The average Bonchev–Trinajstić information content (AvgIpc) is 2.47. The van der Waals surface area contributed by atoms with Gasteiger partial charge < -0.3 is 16.0 Å². The van der Waals surface area contributed by atoms with Gasteiger partial charge in [0.25, 0.3) is 0 Å². The first-order valence-corrected chi connectivity index (χ1v) is 7.93. The third kappa shape index (κ3) is 5.76. The third-order valence-electron chi connectivity index (χ3n) is 4.30. The number of aryl methyl sites for hydroxylation is 1. The Kier molecular flexibility index (Phi) is 6.05. The molecule has 0 radical (unpaired) electrons. The van der Waals surface area contributed by atoms with E-state index in [2.05, 4.69) is 17.3 Å². The van der Waals surface area contributed by atoms with Crippen LogP contribution in [0.2, 0.25) is 0 Å². The highest BCUT2D eigenvalue weighted by Crippen LogP contribution is 2.18. The van der Waals surface area contributed by atoms with Gasteiger partial charge in [-0.1, -0.05) is 12.1 Å². The largest absolute Gasteiger partial charge is 0.399 e. The van der Waals surface area contributed by atoms with E-state index < -0.39 is 0 Å². The molecular weight excluding hydrogens is 262 g/mol. The van der Waals surface area contributed by atoms with E-state index in [1.165, 1.54) is 25.9 Å². The van der Waals surface area contributed by atoms with Gasteiger partial charge in [-0.15, -0.1) is 0 Å². The van der Waals surface area contributed by atoms with Crippen molar-refractivity contribution in [2.75, 3.05) is 32.4 Å². The lowest BCUT2D eigenvalue weighted by Gasteiger charge is -2.28. The number of likely N-dealkylation sites (tertiary alicyclic amines) is 1. The van der Waals surface area contributed by atoms with Gasteiger partial charge in [0.1, 0.15) is 0 Å². The van der Waals surface area contributed by atoms with E-state index in [1.54, 1.807) is 0 Å². The van der Waals surface area contributed by atoms with Crippen LogP contribution in [0.4, 0.5) is 5.69 Å². The second kappa shape index (κ2) is 8.03. The van der Waals surface area contributed by atoms with E-state index in [0.717, 1.165) is 36.6 Å². The molecule has 0 spiro atoms. The monoisotopic (exact) mass is 289 g/mol. The molecule has 0 saturated carbocycles.